The number of nitrogen functional groups attached to an aromatic ring is 1. The minimum Gasteiger partial charge on any atom is -0.396 e. The molecule has 0 bridgehead atoms. The van der Waals surface area contributed by atoms with E-state index in [2.05, 4.69) is 24.1 Å². The molecule has 0 aliphatic carbocycles. The predicted molar refractivity (Wildman–Crippen MR) is 72.2 cm³/mol. The van der Waals surface area contributed by atoms with Crippen LogP contribution in [0.1, 0.15) is 26.0 Å². The summed E-state index contributed by atoms with van der Waals surface area (Å²) < 4.78 is 5.50. The number of rotatable bonds is 7. The maximum atomic E-state index is 5.81. The Morgan fingerprint density at radius 3 is 2.88 bits per heavy atom. The van der Waals surface area contributed by atoms with Gasteiger partial charge in [0.15, 0.2) is 0 Å². The van der Waals surface area contributed by atoms with Crippen LogP contribution in [-0.2, 0) is 4.74 Å². The molecule has 17 heavy (non-hydrogen) atoms. The molecule has 1 aromatic heterocycles. The Morgan fingerprint density at radius 2 is 2.18 bits per heavy atom. The van der Waals surface area contributed by atoms with Crippen LogP contribution in [0.25, 0.3) is 0 Å². The number of nitrogens with zero attached hydrogens (tertiary/aromatic N) is 1. The average Bonchev–Trinajstić information content (AvgIpc) is 2.27. The molecule has 0 spiro atoms. The largest absolute Gasteiger partial charge is 0.396 e. The first-order valence-electron chi connectivity index (χ1n) is 6.14. The summed E-state index contributed by atoms with van der Waals surface area (Å²) in [6.07, 6.45) is 0.960. The number of aromatic nitrogens is 1. The number of nitrogens with one attached hydrogen (secondary N) is 1. The quantitative estimate of drug-likeness (QED) is 0.715. The van der Waals surface area contributed by atoms with Gasteiger partial charge in [0.05, 0.1) is 5.69 Å². The zero-order valence-corrected chi connectivity index (χ0v) is 11.0. The molecule has 3 N–H and O–H groups in total. The van der Waals surface area contributed by atoms with E-state index in [4.69, 9.17) is 10.5 Å². The third kappa shape index (κ3) is 5.54. The monoisotopic (exact) mass is 237 g/mol. The Kier molecular flexibility index (Phi) is 5.77. The molecule has 4 nitrogen and oxygen atoms in total. The van der Waals surface area contributed by atoms with Crippen LogP contribution in [0, 0.1) is 12.8 Å². The highest BCUT2D eigenvalue weighted by molar-refractivity contribution is 5.61. The first-order chi connectivity index (χ1) is 8.09. The van der Waals surface area contributed by atoms with Gasteiger partial charge in [0.25, 0.3) is 0 Å². The number of aryl methyl sites for hydroxylation is 1. The molecule has 1 heterocycles. The second kappa shape index (κ2) is 7.12. The fourth-order valence-electron chi connectivity index (χ4n) is 1.41. The zero-order valence-electron chi connectivity index (χ0n) is 11.0. The van der Waals surface area contributed by atoms with E-state index in [-0.39, 0.29) is 0 Å². The summed E-state index contributed by atoms with van der Waals surface area (Å²) in [5.74, 6) is 1.37. The molecule has 96 valence electrons. The van der Waals surface area contributed by atoms with Crippen LogP contribution in [-0.4, -0.2) is 24.7 Å². The summed E-state index contributed by atoms with van der Waals surface area (Å²) in [6, 6.07) is 3.78. The van der Waals surface area contributed by atoms with Gasteiger partial charge >= 0.3 is 0 Å². The SMILES string of the molecule is Cc1ccc(N)c(NCCCOCC(C)C)n1. The van der Waals surface area contributed by atoms with Crippen molar-refractivity contribution >= 4 is 11.5 Å². The van der Waals surface area contributed by atoms with Gasteiger partial charge in [-0.05, 0) is 31.4 Å². The molecule has 0 saturated heterocycles. The van der Waals surface area contributed by atoms with E-state index in [0.717, 1.165) is 37.7 Å². The maximum absolute atomic E-state index is 5.81. The van der Waals surface area contributed by atoms with E-state index in [1.54, 1.807) is 0 Å². The summed E-state index contributed by atoms with van der Waals surface area (Å²) in [5, 5.41) is 3.23. The van der Waals surface area contributed by atoms with Crippen molar-refractivity contribution in [2.75, 3.05) is 30.8 Å². The lowest BCUT2D eigenvalue weighted by Gasteiger charge is -2.10. The number of anilines is 2. The molecule has 4 heteroatoms. The highest BCUT2D eigenvalue weighted by atomic mass is 16.5. The van der Waals surface area contributed by atoms with Gasteiger partial charge in [-0.25, -0.2) is 4.98 Å². The number of hydrogen-bond donors (Lipinski definition) is 2. The predicted octanol–water partition coefficient (Wildman–Crippen LogP) is 2.45. The summed E-state index contributed by atoms with van der Waals surface area (Å²) in [6.45, 7) is 8.68. The van der Waals surface area contributed by atoms with Crippen molar-refractivity contribution in [3.05, 3.63) is 17.8 Å². The Labute approximate surface area is 104 Å². The Balaban J connectivity index is 2.20. The average molecular weight is 237 g/mol. The summed E-state index contributed by atoms with van der Waals surface area (Å²) >= 11 is 0. The van der Waals surface area contributed by atoms with Crippen molar-refractivity contribution in [1.82, 2.24) is 4.98 Å². The maximum Gasteiger partial charge on any atom is 0.149 e. The molecule has 0 atom stereocenters. The minimum absolute atomic E-state index is 0.594. The van der Waals surface area contributed by atoms with Gasteiger partial charge < -0.3 is 15.8 Å². The van der Waals surface area contributed by atoms with Crippen molar-refractivity contribution < 1.29 is 4.74 Å². The Hall–Kier alpha value is -1.29. The van der Waals surface area contributed by atoms with E-state index < -0.39 is 0 Å². The normalized spacial score (nSPS) is 10.8. The molecule has 0 radical (unpaired) electrons. The Morgan fingerprint density at radius 1 is 1.41 bits per heavy atom. The van der Waals surface area contributed by atoms with Gasteiger partial charge in [-0.2, -0.15) is 0 Å². The lowest BCUT2D eigenvalue weighted by molar-refractivity contribution is 0.110. The van der Waals surface area contributed by atoms with Crippen molar-refractivity contribution in [3.63, 3.8) is 0 Å². The standard InChI is InChI=1S/C13H23N3O/c1-10(2)9-17-8-4-7-15-13-12(14)6-5-11(3)16-13/h5-6,10H,4,7-9,14H2,1-3H3,(H,15,16). The molecule has 0 aliphatic rings. The molecular formula is C13H23N3O. The molecule has 1 rings (SSSR count). The van der Waals surface area contributed by atoms with Gasteiger partial charge in [0.1, 0.15) is 5.82 Å². The number of pyridine rings is 1. The van der Waals surface area contributed by atoms with Crippen LogP contribution >= 0.6 is 0 Å². The molecule has 0 aromatic carbocycles. The van der Waals surface area contributed by atoms with Gasteiger partial charge in [0, 0.05) is 25.5 Å². The fraction of sp³-hybridized carbons (Fsp3) is 0.615. The van der Waals surface area contributed by atoms with Crippen molar-refractivity contribution in [2.45, 2.75) is 27.2 Å². The number of hydrogen-bond acceptors (Lipinski definition) is 4. The highest BCUT2D eigenvalue weighted by Gasteiger charge is 2.00. The van der Waals surface area contributed by atoms with Crippen LogP contribution in [0.4, 0.5) is 11.5 Å². The fourth-order valence-corrected chi connectivity index (χ4v) is 1.41. The Bertz CT molecular complexity index is 339. The first-order valence-corrected chi connectivity index (χ1v) is 6.14. The van der Waals surface area contributed by atoms with Gasteiger partial charge in [0.2, 0.25) is 0 Å². The number of nitrogens with two attached hydrogens (primary N) is 1. The lowest BCUT2D eigenvalue weighted by Crippen LogP contribution is -2.10. The molecular weight excluding hydrogens is 214 g/mol. The molecule has 0 unspecified atom stereocenters. The van der Waals surface area contributed by atoms with Crippen LogP contribution in [0.15, 0.2) is 12.1 Å². The molecule has 0 amide bonds. The van der Waals surface area contributed by atoms with Crippen LogP contribution < -0.4 is 11.1 Å². The van der Waals surface area contributed by atoms with Crippen molar-refractivity contribution in [1.29, 1.82) is 0 Å². The highest BCUT2D eigenvalue weighted by Crippen LogP contribution is 2.14. The summed E-state index contributed by atoms with van der Waals surface area (Å²) in [7, 11) is 0. The molecule has 0 aliphatic heterocycles. The molecule has 1 aromatic rings. The minimum atomic E-state index is 0.594. The lowest BCUT2D eigenvalue weighted by atomic mass is 10.2. The van der Waals surface area contributed by atoms with E-state index >= 15 is 0 Å². The van der Waals surface area contributed by atoms with Gasteiger partial charge in [-0.15, -0.1) is 0 Å². The first kappa shape index (κ1) is 13.8. The number of ether oxygens (including phenoxy) is 1. The third-order valence-electron chi connectivity index (χ3n) is 2.27. The topological polar surface area (TPSA) is 60.2 Å². The zero-order chi connectivity index (χ0) is 12.7. The van der Waals surface area contributed by atoms with E-state index in [1.165, 1.54) is 0 Å². The van der Waals surface area contributed by atoms with E-state index in [9.17, 15) is 0 Å². The second-order valence-corrected chi connectivity index (χ2v) is 4.64. The van der Waals surface area contributed by atoms with Crippen molar-refractivity contribution in [3.8, 4) is 0 Å². The van der Waals surface area contributed by atoms with E-state index in [0.29, 0.717) is 11.6 Å². The summed E-state index contributed by atoms with van der Waals surface area (Å²) in [4.78, 5) is 4.34. The van der Waals surface area contributed by atoms with Crippen LogP contribution in [0.5, 0.6) is 0 Å². The van der Waals surface area contributed by atoms with Gasteiger partial charge in [-0.1, -0.05) is 13.8 Å². The van der Waals surface area contributed by atoms with Gasteiger partial charge in [-0.3, -0.25) is 0 Å². The second-order valence-electron chi connectivity index (χ2n) is 4.64. The van der Waals surface area contributed by atoms with Crippen LogP contribution in [0.2, 0.25) is 0 Å². The van der Waals surface area contributed by atoms with Crippen molar-refractivity contribution in [2.24, 2.45) is 5.92 Å². The molecule has 0 saturated carbocycles. The van der Waals surface area contributed by atoms with Crippen LogP contribution in [0.3, 0.4) is 0 Å². The summed E-state index contributed by atoms with van der Waals surface area (Å²) in [5.41, 5.74) is 7.48. The third-order valence-corrected chi connectivity index (χ3v) is 2.27. The molecule has 0 fully saturated rings. The smallest absolute Gasteiger partial charge is 0.149 e. The van der Waals surface area contributed by atoms with E-state index in [1.807, 2.05) is 19.1 Å².